The Kier molecular flexibility index (Phi) is 3.48. The van der Waals surface area contributed by atoms with E-state index in [0.717, 1.165) is 29.9 Å². The van der Waals surface area contributed by atoms with Gasteiger partial charge in [-0.3, -0.25) is 0 Å². The molecule has 2 aromatic carbocycles. The van der Waals surface area contributed by atoms with Gasteiger partial charge in [-0.15, -0.1) is 0 Å². The predicted molar refractivity (Wildman–Crippen MR) is 73.8 cm³/mol. The fourth-order valence-corrected chi connectivity index (χ4v) is 2.62. The van der Waals surface area contributed by atoms with Crippen LogP contribution < -0.4 is 4.74 Å². The Hall–Kier alpha value is -1.46. The van der Waals surface area contributed by atoms with E-state index >= 15 is 0 Å². The van der Waals surface area contributed by atoms with Gasteiger partial charge in [0.2, 0.25) is 0 Å². The van der Waals surface area contributed by atoms with Crippen molar-refractivity contribution in [2.24, 2.45) is 0 Å². The smallest absolute Gasteiger partial charge is 0.137 e. The molecule has 0 bridgehead atoms. The van der Waals surface area contributed by atoms with E-state index in [1.807, 2.05) is 0 Å². The summed E-state index contributed by atoms with van der Waals surface area (Å²) in [6.45, 7) is 0.607. The molecule has 0 amide bonds. The summed E-state index contributed by atoms with van der Waals surface area (Å²) in [5.74, 6) is -0.476. The van der Waals surface area contributed by atoms with Crippen LogP contribution in [0.4, 0.5) is 8.78 Å². The highest BCUT2D eigenvalue weighted by atomic mass is 79.9. The summed E-state index contributed by atoms with van der Waals surface area (Å²) in [5.41, 5.74) is 1.42. The number of hydrogen-bond acceptors (Lipinski definition) is 2. The second-order valence-corrected chi connectivity index (χ2v) is 5.51. The summed E-state index contributed by atoms with van der Waals surface area (Å²) in [6.07, 6.45) is -0.448. The van der Waals surface area contributed by atoms with Crippen molar-refractivity contribution in [3.05, 3.63) is 63.1 Å². The molecule has 0 aromatic heterocycles. The average molecular weight is 341 g/mol. The highest BCUT2D eigenvalue weighted by Crippen LogP contribution is 2.32. The lowest BCUT2D eigenvalue weighted by Crippen LogP contribution is -2.04. The highest BCUT2D eigenvalue weighted by molar-refractivity contribution is 9.10. The number of rotatable bonds is 2. The van der Waals surface area contributed by atoms with Crippen molar-refractivity contribution in [2.75, 3.05) is 6.61 Å². The van der Waals surface area contributed by atoms with Crippen LogP contribution in [-0.2, 0) is 6.42 Å². The van der Waals surface area contributed by atoms with Crippen LogP contribution in [0.3, 0.4) is 0 Å². The highest BCUT2D eigenvalue weighted by Gasteiger charge is 2.20. The van der Waals surface area contributed by atoms with E-state index in [2.05, 4.69) is 15.9 Å². The third kappa shape index (κ3) is 2.31. The Bertz CT molecular complexity index is 673. The lowest BCUT2D eigenvalue weighted by atomic mass is 9.98. The van der Waals surface area contributed by atoms with E-state index in [1.165, 1.54) is 0 Å². The average Bonchev–Trinajstić information content (AvgIpc) is 2.89. The van der Waals surface area contributed by atoms with Gasteiger partial charge in [0, 0.05) is 12.0 Å². The fraction of sp³-hybridized carbons (Fsp3) is 0.200. The maximum absolute atomic E-state index is 13.9. The topological polar surface area (TPSA) is 29.5 Å². The predicted octanol–water partition coefficient (Wildman–Crippen LogP) is 3.74. The molecule has 3 rings (SSSR count). The number of fused-ring (bicyclic) bond motifs is 1. The van der Waals surface area contributed by atoms with E-state index in [9.17, 15) is 13.9 Å². The molecule has 0 saturated heterocycles. The number of hydrogen-bond donors (Lipinski definition) is 1. The number of benzene rings is 2. The molecule has 0 fully saturated rings. The van der Waals surface area contributed by atoms with Crippen LogP contribution >= 0.6 is 15.9 Å². The second-order valence-electron chi connectivity index (χ2n) is 4.66. The van der Waals surface area contributed by atoms with E-state index in [0.29, 0.717) is 12.2 Å². The summed E-state index contributed by atoms with van der Waals surface area (Å²) in [5, 5.41) is 10.3. The molecular formula is C15H11BrF2O2. The first-order chi connectivity index (χ1) is 9.56. The molecule has 5 heteroatoms. The van der Waals surface area contributed by atoms with Crippen LogP contribution in [0.5, 0.6) is 5.75 Å². The van der Waals surface area contributed by atoms with Gasteiger partial charge in [0.1, 0.15) is 23.5 Å². The van der Waals surface area contributed by atoms with Gasteiger partial charge in [-0.25, -0.2) is 8.78 Å². The van der Waals surface area contributed by atoms with Crippen molar-refractivity contribution in [3.63, 3.8) is 0 Å². The minimum Gasteiger partial charge on any atom is -0.493 e. The molecule has 1 heterocycles. The number of aliphatic hydroxyl groups is 1. The summed E-state index contributed by atoms with van der Waals surface area (Å²) >= 11 is 2.91. The minimum atomic E-state index is -1.21. The molecule has 0 saturated carbocycles. The third-order valence-corrected chi connectivity index (χ3v) is 3.97. The quantitative estimate of drug-likeness (QED) is 0.844. The molecule has 0 radical (unpaired) electrons. The Balaban J connectivity index is 2.00. The molecule has 1 unspecified atom stereocenters. The van der Waals surface area contributed by atoms with Crippen LogP contribution in [0.2, 0.25) is 0 Å². The van der Waals surface area contributed by atoms with E-state index in [1.54, 1.807) is 18.2 Å². The molecular weight excluding hydrogens is 330 g/mol. The van der Waals surface area contributed by atoms with Gasteiger partial charge >= 0.3 is 0 Å². The van der Waals surface area contributed by atoms with Crippen molar-refractivity contribution < 1.29 is 18.6 Å². The summed E-state index contributed by atoms with van der Waals surface area (Å²) in [4.78, 5) is 0. The molecule has 1 aliphatic heterocycles. The first kappa shape index (κ1) is 13.5. The maximum atomic E-state index is 13.9. The van der Waals surface area contributed by atoms with E-state index < -0.39 is 17.7 Å². The molecule has 2 nitrogen and oxygen atoms in total. The van der Waals surface area contributed by atoms with Gasteiger partial charge in [0.25, 0.3) is 0 Å². The Labute approximate surface area is 123 Å². The van der Waals surface area contributed by atoms with Crippen LogP contribution in [0.1, 0.15) is 22.8 Å². The molecule has 20 heavy (non-hydrogen) atoms. The Morgan fingerprint density at radius 1 is 1.15 bits per heavy atom. The van der Waals surface area contributed by atoms with E-state index in [-0.39, 0.29) is 10.0 Å². The lowest BCUT2D eigenvalue weighted by molar-refractivity contribution is 0.214. The van der Waals surface area contributed by atoms with Crippen LogP contribution in [0.25, 0.3) is 0 Å². The van der Waals surface area contributed by atoms with Crippen molar-refractivity contribution >= 4 is 15.9 Å². The lowest BCUT2D eigenvalue weighted by Gasteiger charge is -2.14. The number of aliphatic hydroxyl groups excluding tert-OH is 1. The summed E-state index contributed by atoms with van der Waals surface area (Å²) < 4.78 is 32.8. The van der Waals surface area contributed by atoms with Crippen LogP contribution in [0, 0.1) is 11.6 Å². The fourth-order valence-electron chi connectivity index (χ4n) is 2.30. The summed E-state index contributed by atoms with van der Waals surface area (Å²) in [6, 6.07) is 7.20. The molecule has 2 aromatic rings. The number of ether oxygens (including phenoxy) is 1. The van der Waals surface area contributed by atoms with Gasteiger partial charge in [0.05, 0.1) is 11.1 Å². The third-order valence-electron chi connectivity index (χ3n) is 3.36. The number of halogens is 3. The minimum absolute atomic E-state index is 0.0355. The first-order valence-corrected chi connectivity index (χ1v) is 6.93. The van der Waals surface area contributed by atoms with E-state index in [4.69, 9.17) is 4.74 Å². The zero-order chi connectivity index (χ0) is 14.3. The van der Waals surface area contributed by atoms with Gasteiger partial charge in [-0.2, -0.15) is 0 Å². The van der Waals surface area contributed by atoms with Crippen LogP contribution in [-0.4, -0.2) is 11.7 Å². The van der Waals surface area contributed by atoms with Gasteiger partial charge < -0.3 is 9.84 Å². The molecule has 0 aliphatic carbocycles. The summed E-state index contributed by atoms with van der Waals surface area (Å²) in [7, 11) is 0. The SMILES string of the molecule is OC(c1ccc2c(c1)CCO2)c1cc(F)c(Br)cc1F. The first-order valence-electron chi connectivity index (χ1n) is 6.14. The largest absolute Gasteiger partial charge is 0.493 e. The monoisotopic (exact) mass is 340 g/mol. The normalized spacial score (nSPS) is 14.8. The maximum Gasteiger partial charge on any atom is 0.137 e. The Morgan fingerprint density at radius 3 is 2.75 bits per heavy atom. The van der Waals surface area contributed by atoms with Gasteiger partial charge in [-0.05, 0) is 51.3 Å². The van der Waals surface area contributed by atoms with Gasteiger partial charge in [-0.1, -0.05) is 6.07 Å². The zero-order valence-electron chi connectivity index (χ0n) is 10.4. The standard InChI is InChI=1S/C15H11BrF2O2/c16-11-7-12(17)10(6-13(11)18)15(19)9-1-2-14-8(5-9)3-4-20-14/h1-2,5-7,15,19H,3-4H2. The van der Waals surface area contributed by atoms with Gasteiger partial charge in [0.15, 0.2) is 0 Å². The Morgan fingerprint density at radius 2 is 1.95 bits per heavy atom. The molecule has 104 valence electrons. The van der Waals surface area contributed by atoms with Crippen molar-refractivity contribution in [2.45, 2.75) is 12.5 Å². The molecule has 1 atom stereocenters. The van der Waals surface area contributed by atoms with Crippen LogP contribution in [0.15, 0.2) is 34.8 Å². The van der Waals surface area contributed by atoms with Crippen molar-refractivity contribution in [1.29, 1.82) is 0 Å². The second kappa shape index (κ2) is 5.14. The van der Waals surface area contributed by atoms with Crippen molar-refractivity contribution in [3.8, 4) is 5.75 Å². The van der Waals surface area contributed by atoms with Crippen molar-refractivity contribution in [1.82, 2.24) is 0 Å². The molecule has 1 N–H and O–H groups in total. The zero-order valence-corrected chi connectivity index (χ0v) is 12.0. The molecule has 1 aliphatic rings. The molecule has 0 spiro atoms.